The molecular formula is C13H18N2O3. The number of nitrogen functional groups attached to an aromatic ring is 1. The lowest BCUT2D eigenvalue weighted by molar-refractivity contribution is 0.0621. The van der Waals surface area contributed by atoms with Gasteiger partial charge >= 0.3 is 0 Å². The van der Waals surface area contributed by atoms with E-state index < -0.39 is 0 Å². The molecule has 18 heavy (non-hydrogen) atoms. The minimum Gasteiger partial charge on any atom is -0.508 e. The molecule has 0 aromatic heterocycles. The molecule has 1 amide bonds. The largest absolute Gasteiger partial charge is 0.508 e. The monoisotopic (exact) mass is 250 g/mol. The summed E-state index contributed by atoms with van der Waals surface area (Å²) in [4.78, 5) is 14.0. The number of aromatic hydroxyl groups is 1. The van der Waals surface area contributed by atoms with Crippen LogP contribution in [0.1, 0.15) is 23.2 Å². The van der Waals surface area contributed by atoms with Crippen LogP contribution in [0.4, 0.5) is 5.69 Å². The lowest BCUT2D eigenvalue weighted by atomic mass is 9.98. The molecule has 1 aromatic carbocycles. The fourth-order valence-electron chi connectivity index (χ4n) is 2.30. The molecule has 1 fully saturated rings. The molecule has 0 spiro atoms. The van der Waals surface area contributed by atoms with Gasteiger partial charge in [0.15, 0.2) is 0 Å². The van der Waals surface area contributed by atoms with Crippen molar-refractivity contribution in [2.24, 2.45) is 5.92 Å². The third kappa shape index (κ3) is 2.56. The van der Waals surface area contributed by atoms with Crippen LogP contribution in [0.3, 0.4) is 0 Å². The van der Waals surface area contributed by atoms with E-state index in [1.54, 1.807) is 4.90 Å². The molecule has 0 bridgehead atoms. The standard InChI is InChI=1S/C13H18N2O3/c14-12-4-3-10(17)6-11(12)13(18)15-5-1-2-9(7-15)8-16/h3-4,6,9,16-17H,1-2,5,7-8,14H2. The first-order valence-corrected chi connectivity index (χ1v) is 6.10. The number of phenolic OH excluding ortho intramolecular Hbond substituents is 1. The van der Waals surface area contributed by atoms with Gasteiger partial charge in [-0.1, -0.05) is 0 Å². The zero-order chi connectivity index (χ0) is 13.1. The van der Waals surface area contributed by atoms with Gasteiger partial charge in [0, 0.05) is 25.4 Å². The van der Waals surface area contributed by atoms with Crippen LogP contribution in [-0.2, 0) is 0 Å². The molecule has 1 atom stereocenters. The van der Waals surface area contributed by atoms with Crippen molar-refractivity contribution in [3.05, 3.63) is 23.8 Å². The van der Waals surface area contributed by atoms with Gasteiger partial charge in [-0.2, -0.15) is 0 Å². The third-order valence-corrected chi connectivity index (χ3v) is 3.33. The molecule has 0 aliphatic carbocycles. The Morgan fingerprint density at radius 1 is 1.50 bits per heavy atom. The fourth-order valence-corrected chi connectivity index (χ4v) is 2.30. The molecule has 2 rings (SSSR count). The van der Waals surface area contributed by atoms with Crippen molar-refractivity contribution in [2.75, 3.05) is 25.4 Å². The maximum absolute atomic E-state index is 12.3. The highest BCUT2D eigenvalue weighted by Gasteiger charge is 2.25. The zero-order valence-corrected chi connectivity index (χ0v) is 10.2. The number of nitrogens with zero attached hydrogens (tertiary/aromatic N) is 1. The van der Waals surface area contributed by atoms with E-state index in [0.29, 0.717) is 24.3 Å². The molecule has 0 saturated carbocycles. The number of carbonyl (C=O) groups is 1. The van der Waals surface area contributed by atoms with Gasteiger partial charge in [0.1, 0.15) is 5.75 Å². The average molecular weight is 250 g/mol. The van der Waals surface area contributed by atoms with Crippen LogP contribution in [-0.4, -0.2) is 40.7 Å². The first kappa shape index (κ1) is 12.7. The molecule has 1 aromatic rings. The number of amides is 1. The Morgan fingerprint density at radius 2 is 2.28 bits per heavy atom. The summed E-state index contributed by atoms with van der Waals surface area (Å²) >= 11 is 0. The average Bonchev–Trinajstić information content (AvgIpc) is 2.41. The van der Waals surface area contributed by atoms with E-state index >= 15 is 0 Å². The lowest BCUT2D eigenvalue weighted by Gasteiger charge is -2.32. The molecule has 4 N–H and O–H groups in total. The van der Waals surface area contributed by atoms with Gasteiger partial charge in [-0.15, -0.1) is 0 Å². The number of likely N-dealkylation sites (tertiary alicyclic amines) is 1. The molecule has 1 unspecified atom stereocenters. The lowest BCUT2D eigenvalue weighted by Crippen LogP contribution is -2.41. The number of carbonyl (C=O) groups excluding carboxylic acids is 1. The number of anilines is 1. The predicted octanol–water partition coefficient (Wildman–Crippen LogP) is 0.819. The summed E-state index contributed by atoms with van der Waals surface area (Å²) in [6.07, 6.45) is 1.82. The SMILES string of the molecule is Nc1ccc(O)cc1C(=O)N1CCCC(CO)C1. The van der Waals surface area contributed by atoms with Gasteiger partial charge in [-0.25, -0.2) is 0 Å². The normalized spacial score (nSPS) is 19.8. The Labute approximate surface area is 106 Å². The fraction of sp³-hybridized carbons (Fsp3) is 0.462. The summed E-state index contributed by atoms with van der Waals surface area (Å²) in [5.41, 5.74) is 6.45. The second-order valence-corrected chi connectivity index (χ2v) is 4.71. The van der Waals surface area contributed by atoms with Crippen LogP contribution >= 0.6 is 0 Å². The number of nitrogens with two attached hydrogens (primary N) is 1. The van der Waals surface area contributed by atoms with Crippen molar-refractivity contribution >= 4 is 11.6 Å². The molecule has 1 aliphatic rings. The van der Waals surface area contributed by atoms with Crippen molar-refractivity contribution in [1.29, 1.82) is 0 Å². The second-order valence-electron chi connectivity index (χ2n) is 4.71. The maximum atomic E-state index is 12.3. The van der Waals surface area contributed by atoms with E-state index in [-0.39, 0.29) is 24.2 Å². The van der Waals surface area contributed by atoms with E-state index in [1.165, 1.54) is 18.2 Å². The molecule has 98 valence electrons. The Hall–Kier alpha value is -1.75. The number of hydrogen-bond donors (Lipinski definition) is 3. The Morgan fingerprint density at radius 3 is 3.00 bits per heavy atom. The van der Waals surface area contributed by atoms with E-state index in [9.17, 15) is 9.90 Å². The van der Waals surface area contributed by atoms with Crippen molar-refractivity contribution in [1.82, 2.24) is 4.90 Å². The van der Waals surface area contributed by atoms with Crippen molar-refractivity contribution in [3.63, 3.8) is 0 Å². The highest BCUT2D eigenvalue weighted by Crippen LogP contribution is 2.23. The van der Waals surface area contributed by atoms with Gasteiger partial charge in [0.25, 0.3) is 5.91 Å². The Kier molecular flexibility index (Phi) is 3.72. The molecule has 1 saturated heterocycles. The molecule has 1 aliphatic heterocycles. The third-order valence-electron chi connectivity index (χ3n) is 3.33. The van der Waals surface area contributed by atoms with Gasteiger partial charge in [-0.05, 0) is 37.0 Å². The molecule has 5 heteroatoms. The zero-order valence-electron chi connectivity index (χ0n) is 10.2. The molecule has 5 nitrogen and oxygen atoms in total. The molecule has 1 heterocycles. The number of phenols is 1. The van der Waals surface area contributed by atoms with Crippen LogP contribution in [0.2, 0.25) is 0 Å². The van der Waals surface area contributed by atoms with Gasteiger partial charge < -0.3 is 20.8 Å². The summed E-state index contributed by atoms with van der Waals surface area (Å²) in [5.74, 6) is -0.00829. The number of piperidine rings is 1. The summed E-state index contributed by atoms with van der Waals surface area (Å²) in [6, 6.07) is 4.37. The minimum atomic E-state index is -0.179. The maximum Gasteiger partial charge on any atom is 0.256 e. The number of benzene rings is 1. The number of aliphatic hydroxyl groups is 1. The van der Waals surface area contributed by atoms with Crippen LogP contribution in [0, 0.1) is 5.92 Å². The van der Waals surface area contributed by atoms with E-state index in [2.05, 4.69) is 0 Å². The van der Waals surface area contributed by atoms with Crippen LogP contribution in [0.15, 0.2) is 18.2 Å². The Bertz CT molecular complexity index is 448. The predicted molar refractivity (Wildman–Crippen MR) is 68.2 cm³/mol. The van der Waals surface area contributed by atoms with E-state index in [1.807, 2.05) is 0 Å². The Balaban J connectivity index is 2.17. The number of hydrogen-bond acceptors (Lipinski definition) is 4. The highest BCUT2D eigenvalue weighted by molar-refractivity contribution is 5.99. The van der Waals surface area contributed by atoms with Crippen LogP contribution in [0.25, 0.3) is 0 Å². The van der Waals surface area contributed by atoms with Gasteiger partial charge in [0.05, 0.1) is 5.56 Å². The second kappa shape index (κ2) is 5.27. The molecule has 0 radical (unpaired) electrons. The first-order valence-electron chi connectivity index (χ1n) is 6.10. The van der Waals surface area contributed by atoms with Crippen LogP contribution < -0.4 is 5.73 Å². The topological polar surface area (TPSA) is 86.8 Å². The summed E-state index contributed by atoms with van der Waals surface area (Å²) in [5, 5.41) is 18.6. The minimum absolute atomic E-state index is 0.0308. The quantitative estimate of drug-likeness (QED) is 0.535. The van der Waals surface area contributed by atoms with Gasteiger partial charge in [-0.3, -0.25) is 4.79 Å². The van der Waals surface area contributed by atoms with E-state index in [4.69, 9.17) is 10.8 Å². The summed E-state index contributed by atoms with van der Waals surface area (Å²) < 4.78 is 0. The smallest absolute Gasteiger partial charge is 0.256 e. The van der Waals surface area contributed by atoms with E-state index in [0.717, 1.165) is 12.8 Å². The number of rotatable bonds is 2. The van der Waals surface area contributed by atoms with Crippen molar-refractivity contribution < 1.29 is 15.0 Å². The molecular weight excluding hydrogens is 232 g/mol. The van der Waals surface area contributed by atoms with Crippen molar-refractivity contribution in [2.45, 2.75) is 12.8 Å². The first-order chi connectivity index (χ1) is 8.61. The summed E-state index contributed by atoms with van der Waals surface area (Å²) in [6.45, 7) is 1.31. The van der Waals surface area contributed by atoms with Gasteiger partial charge in [0.2, 0.25) is 0 Å². The van der Waals surface area contributed by atoms with Crippen LogP contribution in [0.5, 0.6) is 5.75 Å². The summed E-state index contributed by atoms with van der Waals surface area (Å²) in [7, 11) is 0. The number of aliphatic hydroxyl groups excluding tert-OH is 1. The highest BCUT2D eigenvalue weighted by atomic mass is 16.3. The van der Waals surface area contributed by atoms with Crippen molar-refractivity contribution in [3.8, 4) is 5.75 Å².